The number of azo groups is 1. The van der Waals surface area contributed by atoms with Gasteiger partial charge in [-0.2, -0.15) is 14.5 Å². The van der Waals surface area contributed by atoms with Gasteiger partial charge in [0.05, 0.1) is 39.1 Å². The predicted octanol–water partition coefficient (Wildman–Crippen LogP) is 7.16. The van der Waals surface area contributed by atoms with E-state index >= 15 is 0 Å². The lowest BCUT2D eigenvalue weighted by Crippen LogP contribution is -2.12. The van der Waals surface area contributed by atoms with Gasteiger partial charge in [0.2, 0.25) is 0 Å². The third-order valence-electron chi connectivity index (χ3n) is 5.82. The minimum atomic E-state index is -0.340. The molecule has 14 heteroatoms. The van der Waals surface area contributed by atoms with Crippen molar-refractivity contribution < 1.29 is 23.2 Å². The molecule has 0 bridgehead atoms. The fourth-order valence-corrected chi connectivity index (χ4v) is 5.05. The fourth-order valence-electron chi connectivity index (χ4n) is 4.05. The Labute approximate surface area is 248 Å². The van der Waals surface area contributed by atoms with E-state index in [1.165, 1.54) is 14.2 Å². The Hall–Kier alpha value is -3.40. The van der Waals surface area contributed by atoms with Crippen LogP contribution in [0.5, 0.6) is 5.75 Å². The summed E-state index contributed by atoms with van der Waals surface area (Å²) in [4.78, 5) is 10.3. The first kappa shape index (κ1) is 30.6. The molecule has 0 saturated carbocycles. The highest BCUT2D eigenvalue weighted by Gasteiger charge is 2.30. The van der Waals surface area contributed by atoms with Crippen molar-refractivity contribution >= 4 is 41.6 Å². The number of benzene rings is 2. The van der Waals surface area contributed by atoms with Gasteiger partial charge >= 0.3 is 0 Å². The standard InChI is InChI=1S/C27H33N7O5S2/c1-27(2,3)24-22(26(32(4)31-24)33(5)41-39-37-8)28-29-25-23(40-38-36-7)21(18-14-10-9-11-15-18)30-34(25)19-16-12-13-17-20(19)35-6/h9-17H,1-8H3. The quantitative estimate of drug-likeness (QED) is 0.0547. The zero-order valence-electron chi connectivity index (χ0n) is 24.2. The number of para-hydroxylation sites is 2. The molecule has 0 unspecified atom stereocenters. The van der Waals surface area contributed by atoms with E-state index < -0.39 is 0 Å². The van der Waals surface area contributed by atoms with Crippen LogP contribution in [-0.4, -0.2) is 47.9 Å². The van der Waals surface area contributed by atoms with E-state index in [1.54, 1.807) is 20.8 Å². The first-order chi connectivity index (χ1) is 19.7. The third-order valence-corrected chi connectivity index (χ3v) is 7.16. The summed E-state index contributed by atoms with van der Waals surface area (Å²) in [7, 11) is 8.16. The van der Waals surface area contributed by atoms with Crippen molar-refractivity contribution in [3.8, 4) is 22.7 Å². The van der Waals surface area contributed by atoms with Crippen molar-refractivity contribution in [2.75, 3.05) is 32.7 Å². The van der Waals surface area contributed by atoms with Crippen molar-refractivity contribution in [3.05, 3.63) is 60.3 Å². The minimum absolute atomic E-state index is 0.340. The molecular formula is C27H33N7O5S2. The Morgan fingerprint density at radius 3 is 2.22 bits per heavy atom. The largest absolute Gasteiger partial charge is 0.494 e. The number of hydrogen-bond acceptors (Lipinski definition) is 12. The molecule has 0 spiro atoms. The molecule has 0 radical (unpaired) electrons. The number of rotatable bonds is 12. The molecule has 12 nitrogen and oxygen atoms in total. The van der Waals surface area contributed by atoms with Gasteiger partial charge in [-0.1, -0.05) is 63.2 Å². The molecule has 41 heavy (non-hydrogen) atoms. The first-order valence-corrected chi connectivity index (χ1v) is 13.9. The SMILES string of the molecule is COOSc1c(-c2ccccc2)nn(-c2ccccc2OC)c1N=Nc1c(C(C)(C)C)nn(C)c1N(C)SOOC. The second-order valence-electron chi connectivity index (χ2n) is 9.67. The molecule has 0 fully saturated rings. The van der Waals surface area contributed by atoms with E-state index in [-0.39, 0.29) is 5.41 Å². The second-order valence-corrected chi connectivity index (χ2v) is 11.2. The highest BCUT2D eigenvalue weighted by Crippen LogP contribution is 2.45. The zero-order chi connectivity index (χ0) is 29.6. The van der Waals surface area contributed by atoms with Gasteiger partial charge in [0.1, 0.15) is 22.0 Å². The average Bonchev–Trinajstić information content (AvgIpc) is 3.51. The van der Waals surface area contributed by atoms with Crippen molar-refractivity contribution in [3.63, 3.8) is 0 Å². The lowest BCUT2D eigenvalue weighted by Gasteiger charge is -2.17. The predicted molar refractivity (Wildman–Crippen MR) is 160 cm³/mol. The number of hydrogen-bond donors (Lipinski definition) is 0. The zero-order valence-corrected chi connectivity index (χ0v) is 25.8. The number of methoxy groups -OCH3 is 1. The van der Waals surface area contributed by atoms with Crippen LogP contribution in [0.3, 0.4) is 0 Å². The Bertz CT molecular complexity index is 1490. The van der Waals surface area contributed by atoms with Crippen LogP contribution in [0.15, 0.2) is 69.7 Å². The van der Waals surface area contributed by atoms with Crippen LogP contribution in [0.4, 0.5) is 17.3 Å². The maximum Gasteiger partial charge on any atom is 0.194 e. The van der Waals surface area contributed by atoms with Gasteiger partial charge in [-0.05, 0) is 12.1 Å². The summed E-state index contributed by atoms with van der Waals surface area (Å²) >= 11 is 2.00. The molecule has 218 valence electrons. The van der Waals surface area contributed by atoms with E-state index in [9.17, 15) is 0 Å². The molecule has 4 rings (SSSR count). The monoisotopic (exact) mass is 599 g/mol. The molecule has 0 aliphatic rings. The summed E-state index contributed by atoms with van der Waals surface area (Å²) in [5.74, 6) is 1.68. The van der Waals surface area contributed by atoms with Crippen LogP contribution in [0.1, 0.15) is 26.5 Å². The van der Waals surface area contributed by atoms with Gasteiger partial charge in [-0.3, -0.25) is 4.31 Å². The van der Waals surface area contributed by atoms with Crippen LogP contribution in [0, 0.1) is 0 Å². The number of aromatic nitrogens is 4. The average molecular weight is 600 g/mol. The smallest absolute Gasteiger partial charge is 0.194 e. The van der Waals surface area contributed by atoms with Crippen LogP contribution in [0.25, 0.3) is 16.9 Å². The molecule has 2 heterocycles. The lowest BCUT2D eigenvalue weighted by atomic mass is 9.91. The van der Waals surface area contributed by atoms with Crippen molar-refractivity contribution in [2.24, 2.45) is 17.3 Å². The van der Waals surface area contributed by atoms with E-state index in [2.05, 4.69) is 20.8 Å². The Kier molecular flexibility index (Phi) is 10.1. The molecule has 0 saturated heterocycles. The van der Waals surface area contributed by atoms with Gasteiger partial charge in [0, 0.05) is 25.1 Å². The van der Waals surface area contributed by atoms with E-state index in [0.717, 1.165) is 35.5 Å². The normalized spacial score (nSPS) is 11.9. The fraction of sp³-hybridized carbons (Fsp3) is 0.333. The van der Waals surface area contributed by atoms with E-state index in [0.29, 0.717) is 39.3 Å². The summed E-state index contributed by atoms with van der Waals surface area (Å²) in [6.45, 7) is 6.20. The Morgan fingerprint density at radius 2 is 1.56 bits per heavy atom. The first-order valence-electron chi connectivity index (χ1n) is 12.5. The molecule has 4 aromatic rings. The molecule has 0 atom stereocenters. The van der Waals surface area contributed by atoms with Crippen LogP contribution in [-0.2, 0) is 30.9 Å². The maximum atomic E-state index is 5.66. The van der Waals surface area contributed by atoms with Crippen LogP contribution < -0.4 is 9.04 Å². The van der Waals surface area contributed by atoms with Crippen LogP contribution in [0.2, 0.25) is 0 Å². The summed E-state index contributed by atoms with van der Waals surface area (Å²) in [6.07, 6.45) is 0. The molecule has 2 aromatic heterocycles. The van der Waals surface area contributed by atoms with Gasteiger partial charge in [0.25, 0.3) is 0 Å². The molecule has 0 aliphatic carbocycles. The third kappa shape index (κ3) is 6.74. The van der Waals surface area contributed by atoms with Gasteiger partial charge in [-0.15, -0.1) is 14.6 Å². The van der Waals surface area contributed by atoms with E-state index in [1.807, 2.05) is 68.7 Å². The number of anilines is 1. The minimum Gasteiger partial charge on any atom is -0.494 e. The van der Waals surface area contributed by atoms with E-state index in [4.69, 9.17) is 43.6 Å². The van der Waals surface area contributed by atoms with Gasteiger partial charge in [-0.25, -0.2) is 19.1 Å². The number of nitrogens with zero attached hydrogens (tertiary/aromatic N) is 7. The van der Waals surface area contributed by atoms with Gasteiger partial charge < -0.3 is 4.74 Å². The van der Waals surface area contributed by atoms with Crippen molar-refractivity contribution in [2.45, 2.75) is 31.1 Å². The van der Waals surface area contributed by atoms with Crippen molar-refractivity contribution in [1.29, 1.82) is 0 Å². The summed E-state index contributed by atoms with van der Waals surface area (Å²) in [6, 6.07) is 17.3. The molecule has 2 aromatic carbocycles. The maximum absolute atomic E-state index is 5.66. The molecular weight excluding hydrogens is 566 g/mol. The molecule has 0 aliphatic heterocycles. The van der Waals surface area contributed by atoms with Crippen LogP contribution >= 0.6 is 24.3 Å². The van der Waals surface area contributed by atoms with Gasteiger partial charge in [0.15, 0.2) is 29.6 Å². The Morgan fingerprint density at radius 1 is 0.878 bits per heavy atom. The highest BCUT2D eigenvalue weighted by molar-refractivity contribution is 7.96. The topological polar surface area (TPSA) is 110 Å². The summed E-state index contributed by atoms with van der Waals surface area (Å²) in [5, 5.41) is 19.3. The number of aryl methyl sites for hydroxylation is 1. The lowest BCUT2D eigenvalue weighted by molar-refractivity contribution is -0.160. The van der Waals surface area contributed by atoms with Crippen molar-refractivity contribution in [1.82, 2.24) is 19.6 Å². The molecule has 0 amide bonds. The summed E-state index contributed by atoms with van der Waals surface area (Å²) < 4.78 is 21.3. The molecule has 0 N–H and O–H groups in total. The summed E-state index contributed by atoms with van der Waals surface area (Å²) in [5.41, 5.74) is 3.15. The number of ether oxygens (including phenoxy) is 1. The second kappa shape index (κ2) is 13.5. The highest BCUT2D eigenvalue weighted by atomic mass is 32.2. The Balaban J connectivity index is 1.98.